The minimum Gasteiger partial charge on any atom is -0.488 e. The molecule has 0 spiro atoms. The van der Waals surface area contributed by atoms with Gasteiger partial charge in [-0.25, -0.2) is 0 Å². The van der Waals surface area contributed by atoms with Gasteiger partial charge in [0.05, 0.1) is 11.1 Å². The predicted molar refractivity (Wildman–Crippen MR) is 100 cm³/mol. The van der Waals surface area contributed by atoms with Crippen LogP contribution in [-0.2, 0) is 12.4 Å². The number of halogens is 6. The lowest BCUT2D eigenvalue weighted by molar-refractivity contribution is -0.143. The van der Waals surface area contributed by atoms with Crippen LogP contribution in [0.4, 0.5) is 26.3 Å². The standard InChI is InChI=1S/C20H19F6O2P/c1-11-10-12(28-18(2,3)4)8-9-15(11)29-17(27)16-13(19(21,22)23)6-5-7-14(16)20(24,25)26/h5-10,29H,1-4H3. The molecule has 9 heteroatoms. The van der Waals surface area contributed by atoms with Crippen LogP contribution in [0.15, 0.2) is 36.4 Å². The number of carbonyl (C=O) groups is 1. The number of ether oxygens (including phenoxy) is 1. The van der Waals surface area contributed by atoms with Crippen molar-refractivity contribution >= 4 is 19.4 Å². The topological polar surface area (TPSA) is 26.3 Å². The van der Waals surface area contributed by atoms with Gasteiger partial charge in [0.1, 0.15) is 11.4 Å². The van der Waals surface area contributed by atoms with Gasteiger partial charge in [0.25, 0.3) is 0 Å². The lowest BCUT2D eigenvalue weighted by Crippen LogP contribution is -2.23. The average molecular weight is 436 g/mol. The summed E-state index contributed by atoms with van der Waals surface area (Å²) in [5.41, 5.74) is -5.70. The number of benzene rings is 2. The fourth-order valence-corrected chi connectivity index (χ4v) is 3.72. The van der Waals surface area contributed by atoms with E-state index in [1.807, 2.05) is 20.8 Å². The molecule has 29 heavy (non-hydrogen) atoms. The van der Waals surface area contributed by atoms with E-state index >= 15 is 0 Å². The van der Waals surface area contributed by atoms with E-state index < -0.39 is 48.7 Å². The van der Waals surface area contributed by atoms with Crippen molar-refractivity contribution in [1.29, 1.82) is 0 Å². The van der Waals surface area contributed by atoms with E-state index in [9.17, 15) is 31.1 Å². The van der Waals surface area contributed by atoms with Crippen LogP contribution in [0.1, 0.15) is 47.8 Å². The van der Waals surface area contributed by atoms with E-state index in [0.29, 0.717) is 34.8 Å². The summed E-state index contributed by atoms with van der Waals surface area (Å²) in [5.74, 6) is 0.489. The monoisotopic (exact) mass is 436 g/mol. The molecule has 0 saturated heterocycles. The fourth-order valence-electron chi connectivity index (χ4n) is 2.65. The summed E-state index contributed by atoms with van der Waals surface area (Å²) < 4.78 is 85.3. The van der Waals surface area contributed by atoms with Crippen molar-refractivity contribution in [3.05, 3.63) is 58.7 Å². The first-order valence-corrected chi connectivity index (χ1v) is 9.48. The summed E-state index contributed by atoms with van der Waals surface area (Å²) in [4.78, 5) is 12.6. The van der Waals surface area contributed by atoms with E-state index in [1.54, 1.807) is 13.0 Å². The van der Waals surface area contributed by atoms with E-state index in [4.69, 9.17) is 4.74 Å². The molecule has 2 aromatic carbocycles. The van der Waals surface area contributed by atoms with Crippen molar-refractivity contribution in [3.63, 3.8) is 0 Å². The molecule has 0 radical (unpaired) electrons. The van der Waals surface area contributed by atoms with E-state index in [0.717, 1.165) is 0 Å². The summed E-state index contributed by atoms with van der Waals surface area (Å²) in [6.45, 7) is 7.10. The van der Waals surface area contributed by atoms with Crippen molar-refractivity contribution in [1.82, 2.24) is 0 Å². The van der Waals surface area contributed by atoms with E-state index in [-0.39, 0.29) is 0 Å². The van der Waals surface area contributed by atoms with Crippen LogP contribution in [0.5, 0.6) is 5.75 Å². The Morgan fingerprint density at radius 1 is 0.897 bits per heavy atom. The number of hydrogen-bond donors (Lipinski definition) is 0. The van der Waals surface area contributed by atoms with Gasteiger partial charge in [0.15, 0.2) is 5.52 Å². The smallest absolute Gasteiger partial charge is 0.417 e. The van der Waals surface area contributed by atoms with Crippen LogP contribution in [0.2, 0.25) is 0 Å². The highest BCUT2D eigenvalue weighted by Gasteiger charge is 2.42. The van der Waals surface area contributed by atoms with Gasteiger partial charge in [-0.1, -0.05) is 12.1 Å². The Hall–Kier alpha value is -2.08. The fraction of sp³-hybridized carbons (Fsp3) is 0.350. The second-order valence-electron chi connectivity index (χ2n) is 7.37. The zero-order valence-electron chi connectivity index (χ0n) is 16.0. The molecule has 0 aliphatic carbocycles. The Morgan fingerprint density at radius 3 is 1.83 bits per heavy atom. The van der Waals surface area contributed by atoms with Gasteiger partial charge in [0, 0.05) is 5.56 Å². The first kappa shape index (κ1) is 23.2. The molecule has 1 atom stereocenters. The minimum absolute atomic E-state index is 0.348. The Labute approximate surface area is 166 Å². The molecular formula is C20H19F6O2P. The highest BCUT2D eigenvalue weighted by molar-refractivity contribution is 7.66. The molecule has 1 unspecified atom stereocenters. The second-order valence-corrected chi connectivity index (χ2v) is 8.61. The van der Waals surface area contributed by atoms with Crippen molar-refractivity contribution in [2.24, 2.45) is 0 Å². The van der Waals surface area contributed by atoms with Crippen LogP contribution in [0.25, 0.3) is 0 Å². The Bertz CT molecular complexity index is 878. The molecule has 0 fully saturated rings. The summed E-state index contributed by atoms with van der Waals surface area (Å²) in [5, 5.41) is 0.348. The molecule has 2 aromatic rings. The molecule has 0 aromatic heterocycles. The van der Waals surface area contributed by atoms with E-state index in [1.165, 1.54) is 12.1 Å². The van der Waals surface area contributed by atoms with Crippen molar-refractivity contribution < 1.29 is 35.9 Å². The maximum atomic E-state index is 13.3. The van der Waals surface area contributed by atoms with Crippen LogP contribution in [-0.4, -0.2) is 11.1 Å². The van der Waals surface area contributed by atoms with Crippen molar-refractivity contribution in [3.8, 4) is 5.75 Å². The van der Waals surface area contributed by atoms with E-state index in [2.05, 4.69) is 0 Å². The van der Waals surface area contributed by atoms with Crippen molar-refractivity contribution in [2.45, 2.75) is 45.6 Å². The van der Waals surface area contributed by atoms with Gasteiger partial charge in [-0.05, 0) is 71.4 Å². The first-order chi connectivity index (χ1) is 13.1. The normalized spacial score (nSPS) is 13.2. The molecule has 0 N–H and O–H groups in total. The van der Waals surface area contributed by atoms with Gasteiger partial charge < -0.3 is 4.74 Å². The SMILES string of the molecule is Cc1cc(OC(C)(C)C)ccc1PC(=O)c1c(C(F)(F)F)cccc1C(F)(F)F. The summed E-state index contributed by atoms with van der Waals surface area (Å²) in [6.07, 6.45) is -10.2. The molecule has 158 valence electrons. The van der Waals surface area contributed by atoms with Crippen LogP contribution in [0.3, 0.4) is 0 Å². The maximum absolute atomic E-state index is 13.3. The van der Waals surface area contributed by atoms with Crippen LogP contribution in [0, 0.1) is 6.92 Å². The third-order valence-electron chi connectivity index (χ3n) is 3.77. The largest absolute Gasteiger partial charge is 0.488 e. The third kappa shape index (κ3) is 5.95. The lowest BCUT2D eigenvalue weighted by atomic mass is 10.0. The Kier molecular flexibility index (Phi) is 6.38. The van der Waals surface area contributed by atoms with Gasteiger partial charge in [-0.3, -0.25) is 4.79 Å². The van der Waals surface area contributed by atoms with Gasteiger partial charge in [-0.15, -0.1) is 0 Å². The molecule has 0 aliphatic heterocycles. The highest BCUT2D eigenvalue weighted by atomic mass is 31.1. The molecule has 2 nitrogen and oxygen atoms in total. The molecule has 0 amide bonds. The molecule has 2 rings (SSSR count). The number of carbonyl (C=O) groups excluding carboxylic acids is 1. The summed E-state index contributed by atoms with van der Waals surface area (Å²) >= 11 is 0. The van der Waals surface area contributed by atoms with Gasteiger partial charge in [0.2, 0.25) is 0 Å². The third-order valence-corrected chi connectivity index (χ3v) is 5.08. The quantitative estimate of drug-likeness (QED) is 0.412. The first-order valence-electron chi connectivity index (χ1n) is 8.48. The molecule has 0 aliphatic rings. The second kappa shape index (κ2) is 7.98. The predicted octanol–water partition coefficient (Wildman–Crippen LogP) is 6.35. The number of alkyl halides is 6. The van der Waals surface area contributed by atoms with Crippen LogP contribution < -0.4 is 10.0 Å². The number of aryl methyl sites for hydroxylation is 1. The van der Waals surface area contributed by atoms with Crippen molar-refractivity contribution in [2.75, 3.05) is 0 Å². The average Bonchev–Trinajstić information content (AvgIpc) is 2.53. The zero-order valence-corrected chi connectivity index (χ0v) is 17.0. The Morgan fingerprint density at radius 2 is 1.41 bits per heavy atom. The molecule has 0 heterocycles. The molecule has 0 bridgehead atoms. The van der Waals surface area contributed by atoms with Gasteiger partial charge in [-0.2, -0.15) is 26.3 Å². The lowest BCUT2D eigenvalue weighted by Gasteiger charge is -2.22. The maximum Gasteiger partial charge on any atom is 0.417 e. The zero-order chi connectivity index (χ0) is 22.2. The molecule has 0 saturated carbocycles. The number of rotatable bonds is 4. The van der Waals surface area contributed by atoms with Gasteiger partial charge >= 0.3 is 12.4 Å². The molecular weight excluding hydrogens is 417 g/mol. The highest BCUT2D eigenvalue weighted by Crippen LogP contribution is 2.41. The summed E-state index contributed by atoms with van der Waals surface area (Å²) in [6, 6.07) is 6.24. The minimum atomic E-state index is -5.09. The van der Waals surface area contributed by atoms with Crippen LogP contribution >= 0.6 is 8.58 Å². The number of hydrogen-bond acceptors (Lipinski definition) is 2. The Balaban J connectivity index is 2.46. The summed E-state index contributed by atoms with van der Waals surface area (Å²) in [7, 11) is -0.905.